The Hall–Kier alpha value is -1.14. The molecule has 0 atom stereocenters. The minimum Gasteiger partial charge on any atom is -0.375 e. The summed E-state index contributed by atoms with van der Waals surface area (Å²) >= 11 is 1.50. The summed E-state index contributed by atoms with van der Waals surface area (Å²) in [6.45, 7) is 6.07. The van der Waals surface area contributed by atoms with E-state index in [1.165, 1.54) is 11.3 Å². The number of amides is 1. The lowest BCUT2D eigenvalue weighted by Crippen LogP contribution is -2.34. The average molecular weight is 256 g/mol. The molecule has 96 valence electrons. The van der Waals surface area contributed by atoms with E-state index in [2.05, 4.69) is 15.2 Å². The molecule has 0 aliphatic carbocycles. The van der Waals surface area contributed by atoms with Crippen LogP contribution in [0.4, 0.5) is 5.13 Å². The third-order valence-corrected chi connectivity index (χ3v) is 3.13. The van der Waals surface area contributed by atoms with Gasteiger partial charge < -0.3 is 11.1 Å². The van der Waals surface area contributed by atoms with Crippen molar-refractivity contribution >= 4 is 22.4 Å². The van der Waals surface area contributed by atoms with E-state index in [0.717, 1.165) is 18.0 Å². The molecule has 0 unspecified atom stereocenters. The first-order valence-electron chi connectivity index (χ1n) is 5.65. The van der Waals surface area contributed by atoms with Gasteiger partial charge in [-0.3, -0.25) is 9.69 Å². The molecule has 0 bridgehead atoms. The van der Waals surface area contributed by atoms with Crippen LogP contribution in [0.5, 0.6) is 0 Å². The van der Waals surface area contributed by atoms with E-state index in [1.807, 2.05) is 20.9 Å². The van der Waals surface area contributed by atoms with Crippen LogP contribution in [0.1, 0.15) is 18.7 Å². The first-order valence-corrected chi connectivity index (χ1v) is 6.47. The van der Waals surface area contributed by atoms with Gasteiger partial charge in [0.05, 0.1) is 0 Å². The van der Waals surface area contributed by atoms with Crippen LogP contribution in [0.2, 0.25) is 0 Å². The number of carbonyl (C=O) groups excluding carboxylic acids is 1. The number of nitrogens with one attached hydrogen (secondary N) is 1. The molecule has 1 aromatic heterocycles. The number of thiazole rings is 1. The van der Waals surface area contributed by atoms with Crippen molar-refractivity contribution in [1.29, 1.82) is 0 Å². The summed E-state index contributed by atoms with van der Waals surface area (Å²) in [7, 11) is 2.01. The van der Waals surface area contributed by atoms with Gasteiger partial charge in [-0.1, -0.05) is 13.8 Å². The number of carbonyl (C=O) groups is 1. The van der Waals surface area contributed by atoms with E-state index in [-0.39, 0.29) is 11.8 Å². The molecule has 0 saturated heterocycles. The van der Waals surface area contributed by atoms with Crippen LogP contribution in [0, 0.1) is 5.92 Å². The second kappa shape index (κ2) is 6.56. The summed E-state index contributed by atoms with van der Waals surface area (Å²) in [6.07, 6.45) is 1.79. The lowest BCUT2D eigenvalue weighted by atomic mass is 10.2. The van der Waals surface area contributed by atoms with Crippen molar-refractivity contribution in [3.63, 3.8) is 0 Å². The number of nitrogen functional groups attached to an aromatic ring is 1. The highest BCUT2D eigenvalue weighted by atomic mass is 32.1. The number of hydrogen-bond acceptors (Lipinski definition) is 5. The molecule has 0 radical (unpaired) electrons. The molecule has 3 N–H and O–H groups in total. The van der Waals surface area contributed by atoms with Crippen molar-refractivity contribution in [3.05, 3.63) is 11.1 Å². The van der Waals surface area contributed by atoms with Crippen LogP contribution in [0.25, 0.3) is 0 Å². The van der Waals surface area contributed by atoms with Crippen molar-refractivity contribution in [3.8, 4) is 0 Å². The predicted molar refractivity (Wildman–Crippen MR) is 70.7 cm³/mol. The quantitative estimate of drug-likeness (QED) is 0.794. The van der Waals surface area contributed by atoms with Crippen molar-refractivity contribution in [2.75, 3.05) is 25.9 Å². The number of rotatable bonds is 6. The minimum atomic E-state index is 0.0431. The molecular formula is C11H20N4OS. The highest BCUT2D eigenvalue weighted by molar-refractivity contribution is 7.15. The smallest absolute Gasteiger partial charge is 0.222 e. The van der Waals surface area contributed by atoms with E-state index in [1.54, 1.807) is 6.20 Å². The van der Waals surface area contributed by atoms with Crippen molar-refractivity contribution in [2.24, 2.45) is 5.92 Å². The first kappa shape index (κ1) is 13.9. The minimum absolute atomic E-state index is 0.0431. The van der Waals surface area contributed by atoms with E-state index >= 15 is 0 Å². The first-order chi connectivity index (χ1) is 7.99. The van der Waals surface area contributed by atoms with Gasteiger partial charge in [-0.05, 0) is 7.05 Å². The van der Waals surface area contributed by atoms with Gasteiger partial charge in [0.1, 0.15) is 0 Å². The fourth-order valence-electron chi connectivity index (χ4n) is 1.31. The van der Waals surface area contributed by atoms with Gasteiger partial charge in [0, 0.05) is 36.6 Å². The summed E-state index contributed by atoms with van der Waals surface area (Å²) < 4.78 is 0. The van der Waals surface area contributed by atoms with Crippen LogP contribution in [0.15, 0.2) is 6.20 Å². The molecule has 0 spiro atoms. The molecule has 6 heteroatoms. The van der Waals surface area contributed by atoms with Crippen LogP contribution >= 0.6 is 11.3 Å². The zero-order valence-corrected chi connectivity index (χ0v) is 11.4. The van der Waals surface area contributed by atoms with Gasteiger partial charge >= 0.3 is 0 Å². The van der Waals surface area contributed by atoms with E-state index in [0.29, 0.717) is 11.7 Å². The maximum absolute atomic E-state index is 11.3. The Morgan fingerprint density at radius 1 is 1.65 bits per heavy atom. The topological polar surface area (TPSA) is 71.2 Å². The van der Waals surface area contributed by atoms with E-state index in [9.17, 15) is 4.79 Å². The summed E-state index contributed by atoms with van der Waals surface area (Å²) in [5.74, 6) is 0.141. The Balaban J connectivity index is 2.22. The molecule has 17 heavy (non-hydrogen) atoms. The maximum Gasteiger partial charge on any atom is 0.222 e. The lowest BCUT2D eigenvalue weighted by molar-refractivity contribution is -0.124. The second-order valence-corrected chi connectivity index (χ2v) is 5.50. The maximum atomic E-state index is 11.3. The number of nitrogens with zero attached hydrogens (tertiary/aromatic N) is 2. The third kappa shape index (κ3) is 5.14. The Morgan fingerprint density at radius 3 is 2.88 bits per heavy atom. The van der Waals surface area contributed by atoms with E-state index < -0.39 is 0 Å². The Morgan fingerprint density at radius 2 is 2.35 bits per heavy atom. The zero-order valence-electron chi connectivity index (χ0n) is 10.6. The SMILES string of the molecule is CC(C)C(=O)NCCN(C)Cc1cnc(N)s1. The number of aromatic nitrogens is 1. The van der Waals surface area contributed by atoms with Gasteiger partial charge in [0.15, 0.2) is 5.13 Å². The number of likely N-dealkylation sites (N-methyl/N-ethyl adjacent to an activating group) is 1. The Labute approximate surface area is 106 Å². The summed E-state index contributed by atoms with van der Waals surface area (Å²) in [6, 6.07) is 0. The normalized spacial score (nSPS) is 11.1. The summed E-state index contributed by atoms with van der Waals surface area (Å²) in [4.78, 5) is 18.6. The molecule has 0 aliphatic rings. The van der Waals surface area contributed by atoms with Crippen LogP contribution in [-0.4, -0.2) is 35.9 Å². The molecule has 1 rings (SSSR count). The molecule has 1 heterocycles. The second-order valence-electron chi connectivity index (χ2n) is 4.35. The standard InChI is InChI=1S/C11H20N4OS/c1-8(2)10(16)13-4-5-15(3)7-9-6-14-11(12)17-9/h6,8H,4-5,7H2,1-3H3,(H2,12,14)(H,13,16). The highest BCUT2D eigenvalue weighted by Gasteiger charge is 2.07. The third-order valence-electron chi connectivity index (χ3n) is 2.31. The Bertz CT molecular complexity index is 364. The number of nitrogens with two attached hydrogens (primary N) is 1. The van der Waals surface area contributed by atoms with Crippen molar-refractivity contribution < 1.29 is 4.79 Å². The van der Waals surface area contributed by atoms with Gasteiger partial charge in [-0.25, -0.2) is 4.98 Å². The zero-order chi connectivity index (χ0) is 12.8. The van der Waals surface area contributed by atoms with E-state index in [4.69, 9.17) is 5.73 Å². The van der Waals surface area contributed by atoms with Gasteiger partial charge in [-0.2, -0.15) is 0 Å². The number of anilines is 1. The summed E-state index contributed by atoms with van der Waals surface area (Å²) in [5.41, 5.74) is 5.56. The van der Waals surface area contributed by atoms with Gasteiger partial charge in [0.25, 0.3) is 0 Å². The molecule has 1 aromatic rings. The Kier molecular flexibility index (Phi) is 5.37. The summed E-state index contributed by atoms with van der Waals surface area (Å²) in [5, 5.41) is 3.49. The van der Waals surface area contributed by atoms with Crippen molar-refractivity contribution in [1.82, 2.24) is 15.2 Å². The van der Waals surface area contributed by atoms with Crippen LogP contribution in [0.3, 0.4) is 0 Å². The predicted octanol–water partition coefficient (Wildman–Crippen LogP) is 0.929. The molecule has 0 fully saturated rings. The van der Waals surface area contributed by atoms with Gasteiger partial charge in [0.2, 0.25) is 5.91 Å². The molecule has 1 amide bonds. The molecule has 0 saturated carbocycles. The molecular weight excluding hydrogens is 236 g/mol. The average Bonchev–Trinajstić information content (AvgIpc) is 2.63. The lowest BCUT2D eigenvalue weighted by Gasteiger charge is -2.16. The molecule has 0 aromatic carbocycles. The fraction of sp³-hybridized carbons (Fsp3) is 0.636. The monoisotopic (exact) mass is 256 g/mol. The van der Waals surface area contributed by atoms with Crippen molar-refractivity contribution in [2.45, 2.75) is 20.4 Å². The molecule has 0 aliphatic heterocycles. The molecule has 5 nitrogen and oxygen atoms in total. The largest absolute Gasteiger partial charge is 0.375 e. The fourth-order valence-corrected chi connectivity index (χ4v) is 2.08. The van der Waals surface area contributed by atoms with Crippen LogP contribution in [-0.2, 0) is 11.3 Å². The van der Waals surface area contributed by atoms with Crippen LogP contribution < -0.4 is 11.1 Å². The van der Waals surface area contributed by atoms with Gasteiger partial charge in [-0.15, -0.1) is 11.3 Å². The number of hydrogen-bond donors (Lipinski definition) is 2. The highest BCUT2D eigenvalue weighted by Crippen LogP contribution is 2.15.